The van der Waals surface area contributed by atoms with E-state index in [-0.39, 0.29) is 35.5 Å². The quantitative estimate of drug-likeness (QED) is 0.129. The number of carbonyl (C=O) groups is 6. The Morgan fingerprint density at radius 2 is 1.42 bits per heavy atom. The molecule has 3 N–H and O–H groups in total. The van der Waals surface area contributed by atoms with Crippen molar-refractivity contribution in [2.24, 2.45) is 0 Å². The van der Waals surface area contributed by atoms with Crippen molar-refractivity contribution in [2.75, 3.05) is 32.8 Å². The third-order valence-electron chi connectivity index (χ3n) is 13.8. The lowest BCUT2D eigenvalue weighted by Crippen LogP contribution is -2.68. The molecule has 356 valence electrons. The fourth-order valence-corrected chi connectivity index (χ4v) is 14.2. The minimum absolute atomic E-state index is 0.0128. The van der Waals surface area contributed by atoms with Crippen LogP contribution in [-0.2, 0) is 50.8 Å². The molecule has 3 aliphatic heterocycles. The van der Waals surface area contributed by atoms with Crippen LogP contribution in [0.4, 0.5) is 0 Å². The van der Waals surface area contributed by atoms with E-state index >= 15 is 0 Å². The molecular formula is C52H71N5O8Si. The van der Waals surface area contributed by atoms with Crippen molar-refractivity contribution < 1.29 is 37.9 Å². The summed E-state index contributed by atoms with van der Waals surface area (Å²) >= 11 is 0. The van der Waals surface area contributed by atoms with Gasteiger partial charge < -0.3 is 34.9 Å². The Morgan fingerprint density at radius 3 is 2.03 bits per heavy atom. The second kappa shape index (κ2) is 22.5. The number of hydrogen-bond donors (Lipinski definition) is 3. The van der Waals surface area contributed by atoms with E-state index in [9.17, 15) is 28.8 Å². The van der Waals surface area contributed by atoms with Crippen LogP contribution in [-0.4, -0.2) is 116 Å². The van der Waals surface area contributed by atoms with Crippen LogP contribution in [0.2, 0.25) is 5.04 Å². The number of nitrogens with zero attached hydrogens (tertiary/aromatic N) is 2. The first kappa shape index (κ1) is 50.2. The fourth-order valence-electron chi connectivity index (χ4n) is 9.57. The van der Waals surface area contributed by atoms with Crippen molar-refractivity contribution in [3.05, 3.63) is 96.1 Å². The maximum Gasteiger partial charge on any atom is 0.262 e. The molecule has 66 heavy (non-hydrogen) atoms. The highest BCUT2D eigenvalue weighted by molar-refractivity contribution is 6.99. The SMILES string of the molecule is CC[C@]1(C)NC(=O)[C@H](CCCCCC(=O)[C@@H](C)O[Si](c2ccccc2)(c2ccccc2)C(C)(C)C)NC(=O)[C@H]2CCCN2C(=O)[C@H](Cc2ccc(CCC(=O)N3CCOCC3)cc2)NC1=O. The highest BCUT2D eigenvalue weighted by atomic mass is 28.4. The summed E-state index contributed by atoms with van der Waals surface area (Å²) in [5, 5.41) is 10.8. The molecule has 3 aromatic carbocycles. The number of ketones is 1. The summed E-state index contributed by atoms with van der Waals surface area (Å²) in [6.45, 7) is 14.5. The molecule has 13 nitrogen and oxygen atoms in total. The van der Waals surface area contributed by atoms with Gasteiger partial charge in [-0.25, -0.2) is 0 Å². The molecule has 0 spiro atoms. The number of amides is 5. The van der Waals surface area contributed by atoms with Crippen molar-refractivity contribution in [3.63, 3.8) is 0 Å². The maximum absolute atomic E-state index is 14.4. The van der Waals surface area contributed by atoms with Gasteiger partial charge in [-0.05, 0) is 78.9 Å². The molecule has 0 unspecified atom stereocenters. The first-order chi connectivity index (χ1) is 31.6. The molecule has 3 aromatic rings. The molecule has 5 amide bonds. The Labute approximate surface area is 392 Å². The lowest BCUT2D eigenvalue weighted by atomic mass is 9.94. The van der Waals surface area contributed by atoms with E-state index in [2.05, 4.69) is 61.0 Å². The minimum Gasteiger partial charge on any atom is -0.398 e. The molecule has 0 bridgehead atoms. The number of rotatable bonds is 17. The van der Waals surface area contributed by atoms with Crippen LogP contribution in [0, 0.1) is 0 Å². The highest BCUT2D eigenvalue weighted by Crippen LogP contribution is 2.38. The number of benzene rings is 3. The lowest BCUT2D eigenvalue weighted by molar-refractivity contribution is -0.144. The molecule has 6 rings (SSSR count). The van der Waals surface area contributed by atoms with Crippen LogP contribution in [0.3, 0.4) is 0 Å². The first-order valence-corrected chi connectivity index (χ1v) is 26.0. The standard InChI is InChI=1S/C52H71N5O8Si/c1-7-52(6)50(63)54-43(36-39-27-25-38(26-28-39)29-30-46(59)56-32-34-64-35-33-56)49(62)57-31-17-23-44(57)48(61)53-42(47(60)55-52)22-15-10-16-24-45(58)37(2)65-66(51(3,4)5,40-18-11-8-12-19-40)41-20-13-9-14-21-41/h8-9,11-14,18-21,25-28,37,42-44H,7,10,15-17,22-24,29-36H2,1-6H3,(H,53,61)(H,54,63)(H,55,60)/t37-,42+,43+,44-,52+/m1/s1. The van der Waals surface area contributed by atoms with Crippen LogP contribution in [0.15, 0.2) is 84.9 Å². The van der Waals surface area contributed by atoms with Crippen LogP contribution >= 0.6 is 0 Å². The van der Waals surface area contributed by atoms with Crippen LogP contribution in [0.5, 0.6) is 0 Å². The zero-order valence-corrected chi connectivity index (χ0v) is 40.9. The van der Waals surface area contributed by atoms with Crippen LogP contribution in [0.25, 0.3) is 0 Å². The van der Waals surface area contributed by atoms with Crippen molar-refractivity contribution in [3.8, 4) is 0 Å². The van der Waals surface area contributed by atoms with Crippen LogP contribution in [0.1, 0.15) is 110 Å². The van der Waals surface area contributed by atoms with Gasteiger partial charge in [0.25, 0.3) is 8.32 Å². The highest BCUT2D eigenvalue weighted by Gasteiger charge is 2.51. The molecule has 3 heterocycles. The normalized spacial score (nSPS) is 22.6. The number of ether oxygens (including phenoxy) is 1. The number of hydrogen-bond acceptors (Lipinski definition) is 8. The Bertz CT molecular complexity index is 2100. The minimum atomic E-state index is -2.93. The third kappa shape index (κ3) is 12.0. The van der Waals surface area contributed by atoms with Gasteiger partial charge in [-0.15, -0.1) is 0 Å². The van der Waals surface area contributed by atoms with E-state index in [1.165, 1.54) is 0 Å². The molecule has 0 saturated carbocycles. The number of unbranched alkanes of at least 4 members (excludes halogenated alkanes) is 2. The van der Waals surface area contributed by atoms with Gasteiger partial charge in [0.15, 0.2) is 5.78 Å². The summed E-state index contributed by atoms with van der Waals surface area (Å²) in [4.78, 5) is 86.4. The zero-order valence-electron chi connectivity index (χ0n) is 39.9. The maximum atomic E-state index is 14.4. The van der Waals surface area contributed by atoms with E-state index in [4.69, 9.17) is 9.16 Å². The van der Waals surface area contributed by atoms with E-state index in [0.717, 1.165) is 21.5 Å². The molecule has 0 radical (unpaired) electrons. The Hall–Kier alpha value is -5.18. The predicted molar refractivity (Wildman–Crippen MR) is 258 cm³/mol. The van der Waals surface area contributed by atoms with Gasteiger partial charge in [-0.1, -0.05) is 125 Å². The van der Waals surface area contributed by atoms with E-state index < -0.39 is 55.8 Å². The molecule has 14 heteroatoms. The zero-order chi connectivity index (χ0) is 47.5. The Morgan fingerprint density at radius 1 is 0.803 bits per heavy atom. The summed E-state index contributed by atoms with van der Waals surface area (Å²) in [5.74, 6) is -1.59. The van der Waals surface area contributed by atoms with Crippen molar-refractivity contribution in [2.45, 2.75) is 147 Å². The van der Waals surface area contributed by atoms with Gasteiger partial charge in [-0.3, -0.25) is 28.8 Å². The van der Waals surface area contributed by atoms with E-state index in [0.29, 0.717) is 90.6 Å². The average molecular weight is 922 g/mol. The second-order valence-corrected chi connectivity index (χ2v) is 23.7. The van der Waals surface area contributed by atoms with Crippen LogP contribution < -0.4 is 26.3 Å². The number of aryl methyl sites for hydroxylation is 1. The topological polar surface area (TPSA) is 163 Å². The monoisotopic (exact) mass is 922 g/mol. The molecule has 0 aromatic heterocycles. The van der Waals surface area contributed by atoms with E-state index in [1.807, 2.05) is 72.5 Å². The first-order valence-electron chi connectivity index (χ1n) is 24.0. The van der Waals surface area contributed by atoms with Gasteiger partial charge in [0.05, 0.1) is 13.2 Å². The predicted octanol–water partition coefficient (Wildman–Crippen LogP) is 4.76. The summed E-state index contributed by atoms with van der Waals surface area (Å²) in [6, 6.07) is 25.5. The summed E-state index contributed by atoms with van der Waals surface area (Å²) in [7, 11) is -2.93. The number of nitrogens with one attached hydrogen (secondary N) is 3. The Balaban J connectivity index is 1.08. The molecule has 3 fully saturated rings. The number of carbonyl (C=O) groups excluding carboxylic acids is 6. The van der Waals surface area contributed by atoms with Gasteiger partial charge in [-0.2, -0.15) is 0 Å². The summed E-state index contributed by atoms with van der Waals surface area (Å²) < 4.78 is 12.4. The largest absolute Gasteiger partial charge is 0.398 e. The fraction of sp³-hybridized carbons (Fsp3) is 0.538. The Kier molecular flexibility index (Phi) is 17.2. The molecular weight excluding hydrogens is 851 g/mol. The van der Waals surface area contributed by atoms with Gasteiger partial charge in [0, 0.05) is 38.9 Å². The van der Waals surface area contributed by atoms with Gasteiger partial charge in [0.1, 0.15) is 29.8 Å². The van der Waals surface area contributed by atoms with Crippen molar-refractivity contribution in [1.29, 1.82) is 0 Å². The summed E-state index contributed by atoms with van der Waals surface area (Å²) in [6.07, 6.45) is 4.15. The molecule has 3 saturated heterocycles. The van der Waals surface area contributed by atoms with Crippen molar-refractivity contribution >= 4 is 54.0 Å². The van der Waals surface area contributed by atoms with Gasteiger partial charge >= 0.3 is 0 Å². The molecule has 5 atom stereocenters. The van der Waals surface area contributed by atoms with Gasteiger partial charge in [0.2, 0.25) is 29.5 Å². The third-order valence-corrected chi connectivity index (χ3v) is 18.9. The smallest absolute Gasteiger partial charge is 0.262 e. The number of fused-ring (bicyclic) bond motifs is 1. The summed E-state index contributed by atoms with van der Waals surface area (Å²) in [5.41, 5.74) is 0.433. The number of morpholine rings is 1. The number of Topliss-reactive ketones (excluding diaryl/α,β-unsaturated/α-hetero) is 1. The average Bonchev–Trinajstić information content (AvgIpc) is 3.82. The van der Waals surface area contributed by atoms with E-state index in [1.54, 1.807) is 18.7 Å². The van der Waals surface area contributed by atoms with Crippen molar-refractivity contribution in [1.82, 2.24) is 25.8 Å². The lowest BCUT2D eigenvalue weighted by Gasteiger charge is -2.44. The molecule has 3 aliphatic rings. The second-order valence-electron chi connectivity index (χ2n) is 19.5. The molecule has 0 aliphatic carbocycles.